The molecule has 1 heterocycles. The van der Waals surface area contributed by atoms with Gasteiger partial charge in [0.25, 0.3) is 5.91 Å². The molecule has 5 rings (SSSR count). The molecule has 0 bridgehead atoms. The molecule has 1 saturated carbocycles. The van der Waals surface area contributed by atoms with Gasteiger partial charge in [0.2, 0.25) is 5.91 Å². The molecule has 1 aliphatic rings. The van der Waals surface area contributed by atoms with Crippen LogP contribution in [0.2, 0.25) is 5.15 Å². The predicted molar refractivity (Wildman–Crippen MR) is 154 cm³/mol. The first-order valence-corrected chi connectivity index (χ1v) is 15.0. The number of benzene rings is 3. The third-order valence-electron chi connectivity index (χ3n) is 7.09. The third-order valence-corrected chi connectivity index (χ3v) is 8.45. The van der Waals surface area contributed by atoms with Crippen LogP contribution in [0.3, 0.4) is 0 Å². The molecule has 39 heavy (non-hydrogen) atoms. The second-order valence-electron chi connectivity index (χ2n) is 9.85. The number of rotatable bonds is 6. The summed E-state index contributed by atoms with van der Waals surface area (Å²) in [5.74, 6) is -0.749. The van der Waals surface area contributed by atoms with E-state index in [4.69, 9.17) is 11.6 Å². The van der Waals surface area contributed by atoms with E-state index in [0.717, 1.165) is 30.2 Å². The topological polar surface area (TPSA) is 105 Å². The van der Waals surface area contributed by atoms with Crippen molar-refractivity contribution < 1.29 is 18.0 Å². The average Bonchev–Trinajstić information content (AvgIpc) is 2.93. The maximum atomic E-state index is 13.3. The minimum absolute atomic E-state index is 0.151. The van der Waals surface area contributed by atoms with Gasteiger partial charge >= 0.3 is 0 Å². The molecule has 200 valence electrons. The Morgan fingerprint density at radius 3 is 2.44 bits per heavy atom. The van der Waals surface area contributed by atoms with Crippen LogP contribution in [-0.4, -0.2) is 37.5 Å². The highest BCUT2D eigenvalue weighted by Crippen LogP contribution is 2.30. The van der Waals surface area contributed by atoms with Crippen molar-refractivity contribution in [2.45, 2.75) is 36.6 Å². The maximum absolute atomic E-state index is 13.3. The van der Waals surface area contributed by atoms with Gasteiger partial charge in [-0.25, -0.2) is 13.4 Å². The fraction of sp³-hybridized carbons (Fsp3) is 0.233. The van der Waals surface area contributed by atoms with Gasteiger partial charge < -0.3 is 10.6 Å². The summed E-state index contributed by atoms with van der Waals surface area (Å²) < 4.78 is 24.4. The highest BCUT2D eigenvalue weighted by molar-refractivity contribution is 7.90. The lowest BCUT2D eigenvalue weighted by molar-refractivity contribution is -0.121. The summed E-state index contributed by atoms with van der Waals surface area (Å²) in [5.41, 5.74) is 3.17. The zero-order valence-corrected chi connectivity index (χ0v) is 22.9. The summed E-state index contributed by atoms with van der Waals surface area (Å²) in [6.45, 7) is 0. The van der Waals surface area contributed by atoms with E-state index in [1.54, 1.807) is 72.8 Å². The van der Waals surface area contributed by atoms with Crippen LogP contribution in [-0.2, 0) is 14.6 Å². The molecular weight excluding hydrogens is 534 g/mol. The molecule has 0 spiro atoms. The van der Waals surface area contributed by atoms with Crippen LogP contribution in [0.25, 0.3) is 22.0 Å². The molecule has 0 aliphatic heterocycles. The van der Waals surface area contributed by atoms with Gasteiger partial charge in [-0.15, -0.1) is 0 Å². The minimum Gasteiger partial charge on any atom is -0.349 e. The number of nitrogens with zero attached hydrogens (tertiary/aromatic N) is 1. The van der Waals surface area contributed by atoms with E-state index in [-0.39, 0.29) is 28.7 Å². The summed E-state index contributed by atoms with van der Waals surface area (Å²) >= 11 is 5.96. The molecule has 0 saturated heterocycles. The molecule has 7 nitrogen and oxygen atoms in total. The fourth-order valence-corrected chi connectivity index (χ4v) is 6.17. The summed E-state index contributed by atoms with van der Waals surface area (Å²) in [5, 5.41) is 7.26. The van der Waals surface area contributed by atoms with Crippen molar-refractivity contribution in [3.63, 3.8) is 0 Å². The molecular formula is C30H28ClN3O4S. The van der Waals surface area contributed by atoms with E-state index in [0.29, 0.717) is 33.9 Å². The van der Waals surface area contributed by atoms with Crippen LogP contribution in [0.15, 0.2) is 83.8 Å². The fourth-order valence-electron chi connectivity index (χ4n) is 5.11. The van der Waals surface area contributed by atoms with Crippen LogP contribution in [0.5, 0.6) is 0 Å². The van der Waals surface area contributed by atoms with E-state index in [2.05, 4.69) is 15.6 Å². The second kappa shape index (κ2) is 11.2. The number of sulfone groups is 1. The summed E-state index contributed by atoms with van der Waals surface area (Å²) in [6, 6.07) is 22.4. The SMILES string of the molecule is CS(=O)(=O)c1ccccc1-c1ccc(NC(=O)[C@H]2CCCC[C@H]2NC(=O)c2ccc3nc(Cl)ccc3c2)cc1. The number of hydrogen-bond acceptors (Lipinski definition) is 5. The summed E-state index contributed by atoms with van der Waals surface area (Å²) in [6.07, 6.45) is 4.43. The van der Waals surface area contributed by atoms with Crippen molar-refractivity contribution in [1.29, 1.82) is 0 Å². The number of pyridine rings is 1. The first-order valence-electron chi connectivity index (χ1n) is 12.8. The van der Waals surface area contributed by atoms with Crippen molar-refractivity contribution in [3.8, 4) is 11.1 Å². The molecule has 3 aromatic carbocycles. The second-order valence-corrected chi connectivity index (χ2v) is 12.2. The number of amides is 2. The van der Waals surface area contributed by atoms with Crippen molar-refractivity contribution >= 4 is 49.8 Å². The lowest BCUT2D eigenvalue weighted by Crippen LogP contribution is -2.46. The van der Waals surface area contributed by atoms with Gasteiger partial charge in [0.1, 0.15) is 5.15 Å². The number of fused-ring (bicyclic) bond motifs is 1. The highest BCUT2D eigenvalue weighted by atomic mass is 35.5. The number of nitrogens with one attached hydrogen (secondary N) is 2. The van der Waals surface area contributed by atoms with Crippen molar-refractivity contribution in [2.75, 3.05) is 11.6 Å². The number of hydrogen-bond donors (Lipinski definition) is 2. The molecule has 1 aromatic heterocycles. The first kappa shape index (κ1) is 26.8. The molecule has 9 heteroatoms. The Balaban J connectivity index is 1.28. The Morgan fingerprint density at radius 1 is 0.923 bits per heavy atom. The van der Waals surface area contributed by atoms with E-state index in [1.807, 2.05) is 6.07 Å². The molecule has 0 radical (unpaired) electrons. The molecule has 4 aromatic rings. The highest BCUT2D eigenvalue weighted by Gasteiger charge is 2.32. The van der Waals surface area contributed by atoms with Gasteiger partial charge in [0.15, 0.2) is 9.84 Å². The maximum Gasteiger partial charge on any atom is 0.251 e. The van der Waals surface area contributed by atoms with Gasteiger partial charge in [-0.05, 0) is 66.9 Å². The first-order chi connectivity index (χ1) is 18.7. The predicted octanol–water partition coefficient (Wildman–Crippen LogP) is 5.89. The van der Waals surface area contributed by atoms with E-state index < -0.39 is 9.84 Å². The smallest absolute Gasteiger partial charge is 0.251 e. The van der Waals surface area contributed by atoms with Crippen LogP contribution >= 0.6 is 11.6 Å². The van der Waals surface area contributed by atoms with Crippen molar-refractivity contribution in [3.05, 3.63) is 89.6 Å². The molecule has 0 unspecified atom stereocenters. The number of carbonyl (C=O) groups excluding carboxylic acids is 2. The van der Waals surface area contributed by atoms with Crippen LogP contribution in [0.1, 0.15) is 36.0 Å². The van der Waals surface area contributed by atoms with E-state index >= 15 is 0 Å². The Kier molecular flexibility index (Phi) is 7.68. The standard InChI is InChI=1S/C30H28ClN3O4S/c1-39(37,38)27-9-5-3-6-23(27)19-10-14-22(15-11-19)32-30(36)24-7-2-4-8-26(24)34-29(35)21-12-16-25-20(18-21)13-17-28(31)33-25/h3,5-6,9-18,24,26H,2,4,7-8H2,1H3,(H,32,36)(H,34,35)/t24-,26+/m0/s1. The normalized spacial score (nSPS) is 17.5. The van der Waals surface area contributed by atoms with Crippen molar-refractivity contribution in [1.82, 2.24) is 10.3 Å². The zero-order chi connectivity index (χ0) is 27.6. The third kappa shape index (κ3) is 6.13. The lowest BCUT2D eigenvalue weighted by atomic mass is 9.83. The average molecular weight is 562 g/mol. The quantitative estimate of drug-likeness (QED) is 0.286. The molecule has 2 N–H and O–H groups in total. The number of halogens is 1. The Bertz CT molecular complexity index is 1650. The molecule has 1 fully saturated rings. The van der Waals surface area contributed by atoms with Gasteiger partial charge in [0, 0.05) is 34.5 Å². The van der Waals surface area contributed by atoms with Crippen LogP contribution in [0, 0.1) is 5.92 Å². The van der Waals surface area contributed by atoms with Crippen LogP contribution < -0.4 is 10.6 Å². The van der Waals surface area contributed by atoms with E-state index in [1.165, 1.54) is 6.26 Å². The monoisotopic (exact) mass is 561 g/mol. The summed E-state index contributed by atoms with van der Waals surface area (Å²) in [7, 11) is -3.39. The van der Waals surface area contributed by atoms with Gasteiger partial charge in [0.05, 0.1) is 16.3 Å². The molecule has 1 aliphatic carbocycles. The van der Waals surface area contributed by atoms with Gasteiger partial charge in [-0.1, -0.05) is 54.8 Å². The molecule has 2 amide bonds. The van der Waals surface area contributed by atoms with Gasteiger partial charge in [-0.3, -0.25) is 9.59 Å². The number of aromatic nitrogens is 1. The number of carbonyl (C=O) groups is 2. The number of anilines is 1. The lowest BCUT2D eigenvalue weighted by Gasteiger charge is -2.31. The Labute approximate surface area is 232 Å². The van der Waals surface area contributed by atoms with Gasteiger partial charge in [-0.2, -0.15) is 0 Å². The van der Waals surface area contributed by atoms with E-state index in [9.17, 15) is 18.0 Å². The van der Waals surface area contributed by atoms with Crippen molar-refractivity contribution in [2.24, 2.45) is 5.92 Å². The van der Waals surface area contributed by atoms with Crippen LogP contribution in [0.4, 0.5) is 5.69 Å². The Morgan fingerprint density at radius 2 is 1.67 bits per heavy atom. The minimum atomic E-state index is -3.39. The zero-order valence-electron chi connectivity index (χ0n) is 21.4. The Hall–Kier alpha value is -3.75. The largest absolute Gasteiger partial charge is 0.349 e. The summed E-state index contributed by atoms with van der Waals surface area (Å²) in [4.78, 5) is 30.9. The molecule has 2 atom stereocenters.